The lowest BCUT2D eigenvalue weighted by atomic mass is 10.2. The number of hydrogen-bond donors (Lipinski definition) is 0. The second-order valence-corrected chi connectivity index (χ2v) is 6.65. The first kappa shape index (κ1) is 15.7. The topological polar surface area (TPSA) is 74.1 Å². The molecule has 0 amide bonds. The molecule has 0 saturated carbocycles. The van der Waals surface area contributed by atoms with Crippen LogP contribution in [0.3, 0.4) is 0 Å². The Bertz CT molecular complexity index is 862. The molecule has 0 radical (unpaired) electrons. The van der Waals surface area contributed by atoms with E-state index in [1.165, 1.54) is 16.6 Å². The summed E-state index contributed by atoms with van der Waals surface area (Å²) in [6, 6.07) is 10.9. The van der Waals surface area contributed by atoms with Gasteiger partial charge >= 0.3 is 5.97 Å². The zero-order valence-corrected chi connectivity index (χ0v) is 13.7. The fraction of sp³-hybridized carbons (Fsp3) is 0.200. The average Bonchev–Trinajstić information content (AvgIpc) is 3.08. The number of benzene rings is 1. The molecule has 0 aliphatic rings. The van der Waals surface area contributed by atoms with E-state index in [-0.39, 0.29) is 24.0 Å². The number of carbonyl (C=O) groups is 1. The van der Waals surface area contributed by atoms with Crippen molar-refractivity contribution in [2.24, 2.45) is 0 Å². The Morgan fingerprint density at radius 2 is 2.13 bits per heavy atom. The molecule has 0 aliphatic carbocycles. The highest BCUT2D eigenvalue weighted by Gasteiger charge is 2.08. The third-order valence-electron chi connectivity index (χ3n) is 3.02. The molecule has 2 aromatic heterocycles. The van der Waals surface area contributed by atoms with Crippen LogP contribution in [0.25, 0.3) is 10.9 Å². The van der Waals surface area contributed by atoms with E-state index in [2.05, 4.69) is 10.3 Å². The highest BCUT2D eigenvalue weighted by Crippen LogP contribution is 2.17. The number of thiophene rings is 1. The van der Waals surface area contributed by atoms with Crippen molar-refractivity contribution in [3.05, 3.63) is 57.0 Å². The van der Waals surface area contributed by atoms with E-state index in [0.717, 1.165) is 10.4 Å². The minimum atomic E-state index is -0.381. The minimum absolute atomic E-state index is 0.227. The highest BCUT2D eigenvalue weighted by molar-refractivity contribution is 7.99. The quantitative estimate of drug-likeness (QED) is 0.637. The first-order valence-corrected chi connectivity index (χ1v) is 8.86. The number of fused-ring (bicyclic) bond motifs is 1. The average molecular weight is 347 g/mol. The second kappa shape index (κ2) is 7.38. The van der Waals surface area contributed by atoms with Crippen molar-refractivity contribution in [1.29, 1.82) is 0 Å². The van der Waals surface area contributed by atoms with Gasteiger partial charge in [0.25, 0.3) is 5.56 Å². The zero-order chi connectivity index (χ0) is 16.1. The van der Waals surface area contributed by atoms with Gasteiger partial charge in [0.2, 0.25) is 0 Å². The van der Waals surface area contributed by atoms with Gasteiger partial charge in [-0.2, -0.15) is 4.68 Å². The number of rotatable bonds is 6. The number of nitrogens with zero attached hydrogens (tertiary/aromatic N) is 3. The number of aromatic nitrogens is 3. The number of carbonyl (C=O) groups excluding carboxylic acids is 1. The van der Waals surface area contributed by atoms with Gasteiger partial charge in [-0.1, -0.05) is 23.4 Å². The molecule has 118 valence electrons. The smallest absolute Gasteiger partial charge is 0.317 e. The Morgan fingerprint density at radius 3 is 2.96 bits per heavy atom. The lowest BCUT2D eigenvalue weighted by Crippen LogP contribution is -2.26. The molecule has 3 aromatic rings. The van der Waals surface area contributed by atoms with Crippen LogP contribution >= 0.6 is 23.1 Å². The first-order chi connectivity index (χ1) is 11.2. The normalized spacial score (nSPS) is 10.8. The summed E-state index contributed by atoms with van der Waals surface area (Å²) in [5.74, 6) is 0.615. The standard InChI is InChI=1S/C15H13N3O3S2/c19-14(9-22-8-11-4-3-7-23-11)21-10-18-15(20)12-5-1-2-6-13(12)16-17-18/h1-7H,8-10H2. The summed E-state index contributed by atoms with van der Waals surface area (Å²) in [7, 11) is 0. The molecule has 0 saturated heterocycles. The van der Waals surface area contributed by atoms with Crippen LogP contribution in [0.2, 0.25) is 0 Å². The van der Waals surface area contributed by atoms with Gasteiger partial charge in [0.1, 0.15) is 5.52 Å². The van der Waals surface area contributed by atoms with Crippen molar-refractivity contribution in [3.63, 3.8) is 0 Å². The van der Waals surface area contributed by atoms with Crippen LogP contribution in [0.5, 0.6) is 0 Å². The number of ether oxygens (including phenoxy) is 1. The van der Waals surface area contributed by atoms with E-state index in [0.29, 0.717) is 10.9 Å². The monoisotopic (exact) mass is 347 g/mol. The zero-order valence-electron chi connectivity index (χ0n) is 12.0. The van der Waals surface area contributed by atoms with Crippen LogP contribution in [0.15, 0.2) is 46.6 Å². The Kier molecular flexibility index (Phi) is 5.04. The molecule has 0 bridgehead atoms. The van der Waals surface area contributed by atoms with Gasteiger partial charge in [-0.15, -0.1) is 28.2 Å². The molecule has 0 atom stereocenters. The van der Waals surface area contributed by atoms with Crippen LogP contribution in [0, 0.1) is 0 Å². The number of esters is 1. The fourth-order valence-corrected chi connectivity index (χ4v) is 3.57. The molecule has 0 unspecified atom stereocenters. The fourth-order valence-electron chi connectivity index (χ4n) is 1.91. The van der Waals surface area contributed by atoms with Gasteiger partial charge in [-0.25, -0.2) is 0 Å². The van der Waals surface area contributed by atoms with E-state index >= 15 is 0 Å². The van der Waals surface area contributed by atoms with Gasteiger partial charge in [0.05, 0.1) is 11.1 Å². The third-order valence-corrected chi connectivity index (χ3v) is 5.04. The summed E-state index contributed by atoms with van der Waals surface area (Å²) in [6.07, 6.45) is 0. The lowest BCUT2D eigenvalue weighted by molar-refractivity contribution is -0.144. The summed E-state index contributed by atoms with van der Waals surface area (Å²) in [6.45, 7) is -0.227. The van der Waals surface area contributed by atoms with Crippen LogP contribution in [-0.4, -0.2) is 26.7 Å². The Balaban J connectivity index is 1.54. The summed E-state index contributed by atoms with van der Waals surface area (Å²) >= 11 is 3.12. The number of hydrogen-bond acceptors (Lipinski definition) is 7. The first-order valence-electron chi connectivity index (χ1n) is 6.82. The maximum atomic E-state index is 12.2. The van der Waals surface area contributed by atoms with E-state index in [1.54, 1.807) is 35.6 Å². The van der Waals surface area contributed by atoms with E-state index in [4.69, 9.17) is 4.74 Å². The Labute approximate surface area is 140 Å². The summed E-state index contributed by atoms with van der Waals surface area (Å²) in [5.41, 5.74) is 0.196. The van der Waals surface area contributed by atoms with Crippen LogP contribution in [0.1, 0.15) is 4.88 Å². The van der Waals surface area contributed by atoms with Crippen LogP contribution < -0.4 is 5.56 Å². The van der Waals surface area contributed by atoms with Crippen molar-refractivity contribution in [2.75, 3.05) is 5.75 Å². The second-order valence-electron chi connectivity index (χ2n) is 4.63. The van der Waals surface area contributed by atoms with Crippen molar-refractivity contribution in [2.45, 2.75) is 12.5 Å². The molecule has 0 fully saturated rings. The largest absolute Gasteiger partial charge is 0.442 e. The summed E-state index contributed by atoms with van der Waals surface area (Å²) in [4.78, 5) is 25.1. The third kappa shape index (κ3) is 3.96. The molecular weight excluding hydrogens is 334 g/mol. The molecule has 0 N–H and O–H groups in total. The minimum Gasteiger partial charge on any atom is -0.442 e. The van der Waals surface area contributed by atoms with Gasteiger partial charge in [0.15, 0.2) is 6.73 Å². The van der Waals surface area contributed by atoms with Crippen LogP contribution in [0.4, 0.5) is 0 Å². The lowest BCUT2D eigenvalue weighted by Gasteiger charge is -2.06. The maximum absolute atomic E-state index is 12.2. The molecule has 23 heavy (non-hydrogen) atoms. The molecule has 0 aliphatic heterocycles. The van der Waals surface area contributed by atoms with E-state index in [9.17, 15) is 9.59 Å². The van der Waals surface area contributed by atoms with Crippen molar-refractivity contribution >= 4 is 40.0 Å². The predicted octanol–water partition coefficient (Wildman–Crippen LogP) is 2.29. The SMILES string of the molecule is O=C(CSCc1cccs1)OCn1nnc2ccccc2c1=O. The van der Waals surface area contributed by atoms with Gasteiger partial charge < -0.3 is 4.74 Å². The highest BCUT2D eigenvalue weighted by atomic mass is 32.2. The van der Waals surface area contributed by atoms with E-state index in [1.807, 2.05) is 17.5 Å². The van der Waals surface area contributed by atoms with Gasteiger partial charge in [-0.05, 0) is 23.6 Å². The summed E-state index contributed by atoms with van der Waals surface area (Å²) in [5, 5.41) is 10.2. The maximum Gasteiger partial charge on any atom is 0.317 e. The molecule has 6 nitrogen and oxygen atoms in total. The number of thioether (sulfide) groups is 1. The van der Waals surface area contributed by atoms with Crippen molar-refractivity contribution in [3.8, 4) is 0 Å². The van der Waals surface area contributed by atoms with E-state index < -0.39 is 0 Å². The van der Waals surface area contributed by atoms with Crippen LogP contribution in [-0.2, 0) is 22.0 Å². The molecule has 2 heterocycles. The Morgan fingerprint density at radius 1 is 1.26 bits per heavy atom. The van der Waals surface area contributed by atoms with Gasteiger partial charge in [-0.3, -0.25) is 9.59 Å². The molecule has 0 spiro atoms. The summed E-state index contributed by atoms with van der Waals surface area (Å²) < 4.78 is 6.13. The van der Waals surface area contributed by atoms with Crippen molar-refractivity contribution in [1.82, 2.24) is 15.0 Å². The molecule has 1 aromatic carbocycles. The molecule has 8 heteroatoms. The van der Waals surface area contributed by atoms with Crippen molar-refractivity contribution < 1.29 is 9.53 Å². The molecular formula is C15H13N3O3S2. The van der Waals surface area contributed by atoms with Gasteiger partial charge in [0, 0.05) is 10.6 Å². The molecule has 3 rings (SSSR count). The predicted molar refractivity (Wildman–Crippen MR) is 90.4 cm³/mol. The Hall–Kier alpha value is -2.19.